The molecule has 27 heavy (non-hydrogen) atoms. The molecular formula is C22H23N3OS. The summed E-state index contributed by atoms with van der Waals surface area (Å²) in [5.74, 6) is 1.15. The monoisotopic (exact) mass is 377 g/mol. The number of hydrogen-bond acceptors (Lipinski definition) is 4. The van der Waals surface area contributed by atoms with Gasteiger partial charge in [-0.15, -0.1) is 10.2 Å². The molecule has 1 fully saturated rings. The van der Waals surface area contributed by atoms with Gasteiger partial charge < -0.3 is 0 Å². The molecule has 0 amide bonds. The molecule has 2 aromatic carbocycles. The Morgan fingerprint density at radius 2 is 1.81 bits per heavy atom. The van der Waals surface area contributed by atoms with E-state index in [0.29, 0.717) is 12.2 Å². The minimum absolute atomic E-state index is 0.0162. The maximum Gasteiger partial charge on any atom is 0.196 e. The molecular weight excluding hydrogens is 354 g/mol. The summed E-state index contributed by atoms with van der Waals surface area (Å²) in [5, 5.41) is 9.74. The van der Waals surface area contributed by atoms with Crippen LogP contribution in [0.3, 0.4) is 0 Å². The first kappa shape index (κ1) is 18.0. The molecule has 0 unspecified atom stereocenters. The van der Waals surface area contributed by atoms with E-state index in [0.717, 1.165) is 41.5 Å². The van der Waals surface area contributed by atoms with Gasteiger partial charge in [0, 0.05) is 17.7 Å². The van der Waals surface area contributed by atoms with Crippen LogP contribution in [0, 0.1) is 13.8 Å². The Kier molecular flexibility index (Phi) is 5.12. The van der Waals surface area contributed by atoms with Crippen LogP contribution >= 0.6 is 11.8 Å². The van der Waals surface area contributed by atoms with Crippen molar-refractivity contribution in [3.05, 3.63) is 59.7 Å². The lowest BCUT2D eigenvalue weighted by atomic mass is 9.99. The van der Waals surface area contributed by atoms with Gasteiger partial charge in [-0.05, 0) is 44.9 Å². The second-order valence-corrected chi connectivity index (χ2v) is 8.34. The zero-order valence-corrected chi connectivity index (χ0v) is 16.5. The molecule has 138 valence electrons. The largest absolute Gasteiger partial charge is 0.298 e. The Morgan fingerprint density at radius 3 is 2.56 bits per heavy atom. The second kappa shape index (κ2) is 7.69. The van der Waals surface area contributed by atoms with Crippen molar-refractivity contribution in [2.24, 2.45) is 0 Å². The van der Waals surface area contributed by atoms with E-state index in [1.165, 1.54) is 11.1 Å². The third-order valence-corrected chi connectivity index (χ3v) is 6.21. The lowest BCUT2D eigenvalue weighted by molar-refractivity contribution is -0.119. The third-order valence-electron chi connectivity index (χ3n) is 4.95. The van der Waals surface area contributed by atoms with Crippen molar-refractivity contribution in [1.82, 2.24) is 14.8 Å². The summed E-state index contributed by atoms with van der Waals surface area (Å²) in [5.41, 5.74) is 4.45. The Bertz CT molecular complexity index is 962. The molecule has 4 rings (SSSR count). The number of hydrogen-bond donors (Lipinski definition) is 0. The maximum absolute atomic E-state index is 12.3. The number of ketones is 1. The molecule has 1 heterocycles. The van der Waals surface area contributed by atoms with Gasteiger partial charge in [0.2, 0.25) is 0 Å². The molecule has 4 nitrogen and oxygen atoms in total. The van der Waals surface area contributed by atoms with E-state index in [1.807, 2.05) is 6.07 Å². The highest BCUT2D eigenvalue weighted by atomic mass is 32.2. The zero-order valence-electron chi connectivity index (χ0n) is 15.7. The van der Waals surface area contributed by atoms with Gasteiger partial charge in [0.25, 0.3) is 0 Å². The average molecular weight is 378 g/mol. The molecule has 1 aliphatic carbocycles. The number of carbonyl (C=O) groups is 1. The Morgan fingerprint density at radius 1 is 1.00 bits per heavy atom. The van der Waals surface area contributed by atoms with Crippen molar-refractivity contribution in [3.63, 3.8) is 0 Å². The highest BCUT2D eigenvalue weighted by Gasteiger charge is 2.27. The van der Waals surface area contributed by atoms with Crippen molar-refractivity contribution in [3.8, 4) is 17.1 Å². The van der Waals surface area contributed by atoms with Gasteiger partial charge in [0.1, 0.15) is 5.78 Å². The van der Waals surface area contributed by atoms with Crippen LogP contribution in [-0.2, 0) is 4.79 Å². The number of aromatic nitrogens is 3. The molecule has 0 radical (unpaired) electrons. The molecule has 1 saturated carbocycles. The van der Waals surface area contributed by atoms with Gasteiger partial charge in [-0.1, -0.05) is 59.6 Å². The van der Waals surface area contributed by atoms with E-state index in [-0.39, 0.29) is 5.25 Å². The maximum atomic E-state index is 12.3. The molecule has 1 aromatic heterocycles. The number of carbonyl (C=O) groups excluding carboxylic acids is 1. The topological polar surface area (TPSA) is 47.8 Å². The fourth-order valence-corrected chi connectivity index (χ4v) is 4.62. The van der Waals surface area contributed by atoms with Crippen LogP contribution in [-0.4, -0.2) is 25.8 Å². The lowest BCUT2D eigenvalue weighted by Gasteiger charge is -2.20. The van der Waals surface area contributed by atoms with Crippen LogP contribution in [0.1, 0.15) is 36.8 Å². The standard InChI is InChI=1S/C22H23N3OS/c1-15-10-12-18(13-11-15)25-21(17-7-5-6-16(2)14-17)23-24-22(25)27-20-9-4-3-8-19(20)26/h5-7,10-14,20H,3-4,8-9H2,1-2H3/t20-/m0/s1. The van der Waals surface area contributed by atoms with Crippen LogP contribution in [0.2, 0.25) is 0 Å². The predicted molar refractivity (Wildman–Crippen MR) is 109 cm³/mol. The van der Waals surface area contributed by atoms with Crippen molar-refractivity contribution in [2.45, 2.75) is 49.9 Å². The average Bonchev–Trinajstić information content (AvgIpc) is 3.08. The first-order valence-corrected chi connectivity index (χ1v) is 10.3. The van der Waals surface area contributed by atoms with E-state index in [9.17, 15) is 4.79 Å². The minimum atomic E-state index is -0.0162. The van der Waals surface area contributed by atoms with Gasteiger partial charge in [-0.2, -0.15) is 0 Å². The Balaban J connectivity index is 1.79. The van der Waals surface area contributed by atoms with Crippen LogP contribution in [0.4, 0.5) is 0 Å². The van der Waals surface area contributed by atoms with Crippen molar-refractivity contribution >= 4 is 17.5 Å². The first-order chi connectivity index (χ1) is 13.1. The third kappa shape index (κ3) is 3.83. The van der Waals surface area contributed by atoms with Crippen LogP contribution < -0.4 is 0 Å². The number of nitrogens with zero attached hydrogens (tertiary/aromatic N) is 3. The summed E-state index contributed by atoms with van der Waals surface area (Å²) in [6.07, 6.45) is 3.72. The molecule has 1 aliphatic rings. The number of aryl methyl sites for hydroxylation is 2. The number of benzene rings is 2. The summed E-state index contributed by atoms with van der Waals surface area (Å²) >= 11 is 1.56. The fraction of sp³-hybridized carbons (Fsp3) is 0.318. The number of thioether (sulfide) groups is 1. The molecule has 0 spiro atoms. The molecule has 0 bridgehead atoms. The van der Waals surface area contributed by atoms with Gasteiger partial charge >= 0.3 is 0 Å². The van der Waals surface area contributed by atoms with Crippen LogP contribution in [0.15, 0.2) is 53.7 Å². The smallest absolute Gasteiger partial charge is 0.196 e. The van der Waals surface area contributed by atoms with Crippen LogP contribution in [0.5, 0.6) is 0 Å². The highest BCUT2D eigenvalue weighted by Crippen LogP contribution is 2.34. The Hall–Kier alpha value is -2.40. The van der Waals surface area contributed by atoms with E-state index >= 15 is 0 Å². The van der Waals surface area contributed by atoms with Crippen molar-refractivity contribution in [2.75, 3.05) is 0 Å². The quantitative estimate of drug-likeness (QED) is 0.630. The molecule has 3 aromatic rings. The van der Waals surface area contributed by atoms with Crippen LogP contribution in [0.25, 0.3) is 17.1 Å². The Labute approximate surface area is 164 Å². The summed E-state index contributed by atoms with van der Waals surface area (Å²) in [6.45, 7) is 4.15. The van der Waals surface area contributed by atoms with E-state index < -0.39 is 0 Å². The SMILES string of the molecule is Cc1ccc(-n2c(S[C@H]3CCCCC3=O)nnc2-c2cccc(C)c2)cc1. The van der Waals surface area contributed by atoms with Gasteiger partial charge in [-0.25, -0.2) is 0 Å². The van der Waals surface area contributed by atoms with E-state index in [4.69, 9.17) is 0 Å². The molecule has 0 saturated heterocycles. The summed E-state index contributed by atoms with van der Waals surface area (Å²) < 4.78 is 2.08. The van der Waals surface area contributed by atoms with Gasteiger partial charge in [-0.3, -0.25) is 9.36 Å². The lowest BCUT2D eigenvalue weighted by Crippen LogP contribution is -2.21. The molecule has 0 N–H and O–H groups in total. The normalized spacial score (nSPS) is 17.3. The molecule has 0 aliphatic heterocycles. The van der Waals surface area contributed by atoms with E-state index in [1.54, 1.807) is 11.8 Å². The number of rotatable bonds is 4. The van der Waals surface area contributed by atoms with Gasteiger partial charge in [0.05, 0.1) is 5.25 Å². The summed E-state index contributed by atoms with van der Waals surface area (Å²) in [4.78, 5) is 12.3. The molecule has 5 heteroatoms. The summed E-state index contributed by atoms with van der Waals surface area (Å²) in [6, 6.07) is 16.7. The zero-order chi connectivity index (χ0) is 18.8. The highest BCUT2D eigenvalue weighted by molar-refractivity contribution is 8.00. The first-order valence-electron chi connectivity index (χ1n) is 9.41. The van der Waals surface area contributed by atoms with Gasteiger partial charge in [0.15, 0.2) is 11.0 Å². The van der Waals surface area contributed by atoms with Crippen molar-refractivity contribution < 1.29 is 4.79 Å². The number of Topliss-reactive ketones (excluding diaryl/α,β-unsaturated/α-hetero) is 1. The predicted octanol–water partition coefficient (Wildman–Crippen LogP) is 5.15. The molecule has 1 atom stereocenters. The van der Waals surface area contributed by atoms with Crippen molar-refractivity contribution in [1.29, 1.82) is 0 Å². The minimum Gasteiger partial charge on any atom is -0.298 e. The summed E-state index contributed by atoms with van der Waals surface area (Å²) in [7, 11) is 0. The van der Waals surface area contributed by atoms with E-state index in [2.05, 4.69) is 71.1 Å². The fourth-order valence-electron chi connectivity index (χ4n) is 3.45. The second-order valence-electron chi connectivity index (χ2n) is 7.17.